The lowest BCUT2D eigenvalue weighted by Crippen LogP contribution is -2.53. The summed E-state index contributed by atoms with van der Waals surface area (Å²) in [5, 5.41) is 15.3. The van der Waals surface area contributed by atoms with Crippen molar-refractivity contribution < 1.29 is 28.5 Å². The topological polar surface area (TPSA) is 119 Å². The van der Waals surface area contributed by atoms with E-state index in [1.165, 1.54) is 7.11 Å². The summed E-state index contributed by atoms with van der Waals surface area (Å²) < 4.78 is 23.0. The van der Waals surface area contributed by atoms with E-state index >= 15 is 0 Å². The number of carbonyl (C=O) groups is 2. The van der Waals surface area contributed by atoms with Crippen LogP contribution in [0, 0.1) is 11.3 Å². The van der Waals surface area contributed by atoms with Crippen molar-refractivity contribution in [3.8, 4) is 34.4 Å². The first-order valence-electron chi connectivity index (χ1n) is 15.3. The summed E-state index contributed by atoms with van der Waals surface area (Å²) in [7, 11) is 1.32. The van der Waals surface area contributed by atoms with Gasteiger partial charge in [-0.1, -0.05) is 48.5 Å². The van der Waals surface area contributed by atoms with Crippen LogP contribution in [0.25, 0.3) is 11.1 Å². The molecule has 4 aromatic carbocycles. The molecule has 1 amide bonds. The molecule has 1 unspecified atom stereocenters. The maximum absolute atomic E-state index is 13.4. The lowest BCUT2D eigenvalue weighted by Gasteiger charge is -2.31. The van der Waals surface area contributed by atoms with Gasteiger partial charge in [0.2, 0.25) is 5.91 Å². The molecule has 0 fully saturated rings. The third kappa shape index (κ3) is 6.82. The van der Waals surface area contributed by atoms with E-state index in [4.69, 9.17) is 24.2 Å². The Bertz CT molecular complexity index is 1750. The Morgan fingerprint density at radius 2 is 1.67 bits per heavy atom. The number of rotatable bonds is 9. The quantitative estimate of drug-likeness (QED) is 0.251. The standard InChI is InChI=1S/C37H35N3O6/c1-3-44-30-14-12-27(13-15-30)35-22-45-33-18-28-17-31(39-21-29(28)19-34(33)46-35)36(41)40-32(37(42)43-2)16-23-4-8-25(9-5-23)26-10-6-24(20-38)7-11-26/h4-15,18-19,31-32,35,39H,3,16-17,21-22H2,1-2H3,(H,40,41)/t31-,32-,35?/m0/s1. The van der Waals surface area contributed by atoms with E-state index in [0.29, 0.717) is 43.2 Å². The number of nitrogens with zero attached hydrogens (tertiary/aromatic N) is 1. The third-order valence-electron chi connectivity index (χ3n) is 8.31. The van der Waals surface area contributed by atoms with Crippen molar-refractivity contribution in [1.82, 2.24) is 10.6 Å². The van der Waals surface area contributed by atoms with Crippen molar-refractivity contribution in [3.63, 3.8) is 0 Å². The fraction of sp³-hybridized carbons (Fsp3) is 0.270. The number of hydrogen-bond donors (Lipinski definition) is 2. The van der Waals surface area contributed by atoms with Crippen LogP contribution < -0.4 is 24.8 Å². The first kappa shape index (κ1) is 30.7. The smallest absolute Gasteiger partial charge is 0.328 e. The van der Waals surface area contributed by atoms with E-state index in [0.717, 1.165) is 39.1 Å². The summed E-state index contributed by atoms with van der Waals surface area (Å²) in [5.74, 6) is 1.35. The van der Waals surface area contributed by atoms with Gasteiger partial charge in [-0.25, -0.2) is 4.79 Å². The lowest BCUT2D eigenvalue weighted by atomic mass is 9.94. The van der Waals surface area contributed by atoms with Gasteiger partial charge in [0.15, 0.2) is 17.6 Å². The lowest BCUT2D eigenvalue weighted by molar-refractivity contribution is -0.145. The van der Waals surface area contributed by atoms with Crippen molar-refractivity contribution in [2.24, 2.45) is 0 Å². The summed E-state index contributed by atoms with van der Waals surface area (Å²) in [6, 6.07) is 27.6. The average molecular weight is 618 g/mol. The van der Waals surface area contributed by atoms with Crippen molar-refractivity contribution in [1.29, 1.82) is 5.26 Å². The van der Waals surface area contributed by atoms with Crippen molar-refractivity contribution in [3.05, 3.63) is 113 Å². The normalized spacial score (nSPS) is 17.2. The maximum atomic E-state index is 13.4. The van der Waals surface area contributed by atoms with Crippen molar-refractivity contribution in [2.45, 2.75) is 44.5 Å². The van der Waals surface area contributed by atoms with Gasteiger partial charge in [0.1, 0.15) is 18.4 Å². The van der Waals surface area contributed by atoms with Crippen LogP contribution in [0.5, 0.6) is 17.2 Å². The van der Waals surface area contributed by atoms with Gasteiger partial charge in [0.05, 0.1) is 31.4 Å². The minimum Gasteiger partial charge on any atom is -0.494 e. The molecule has 0 spiro atoms. The highest BCUT2D eigenvalue weighted by Gasteiger charge is 2.31. The fourth-order valence-corrected chi connectivity index (χ4v) is 5.79. The number of nitrogens with one attached hydrogen (secondary N) is 2. The SMILES string of the molecule is CCOc1ccc(C2COc3cc4c(cc3O2)CN[C@H](C(=O)N[C@@H](Cc2ccc(-c3ccc(C#N)cc3)cc2)C(=O)OC)C4)cc1. The predicted molar refractivity (Wildman–Crippen MR) is 171 cm³/mol. The number of esters is 1. The summed E-state index contributed by atoms with van der Waals surface area (Å²) in [5.41, 5.74) is 6.48. The summed E-state index contributed by atoms with van der Waals surface area (Å²) in [6.07, 6.45) is 0.482. The molecule has 6 rings (SSSR count). The van der Waals surface area contributed by atoms with Crippen LogP contribution >= 0.6 is 0 Å². The molecule has 3 atom stereocenters. The molecule has 46 heavy (non-hydrogen) atoms. The molecular formula is C37H35N3O6. The highest BCUT2D eigenvalue weighted by Crippen LogP contribution is 2.40. The number of methoxy groups -OCH3 is 1. The Labute approximate surface area is 268 Å². The molecule has 0 saturated carbocycles. The fourth-order valence-electron chi connectivity index (χ4n) is 5.79. The molecule has 4 aromatic rings. The second kappa shape index (κ2) is 13.8. The highest BCUT2D eigenvalue weighted by atomic mass is 16.6. The van der Waals surface area contributed by atoms with Gasteiger partial charge < -0.3 is 29.6 Å². The zero-order valence-corrected chi connectivity index (χ0v) is 25.7. The molecule has 2 aliphatic heterocycles. The van der Waals surface area contributed by atoms with Crippen LogP contribution in [0.3, 0.4) is 0 Å². The maximum Gasteiger partial charge on any atom is 0.328 e. The minimum absolute atomic E-state index is 0.237. The molecule has 9 heteroatoms. The molecule has 0 bridgehead atoms. The van der Waals surface area contributed by atoms with Gasteiger partial charge >= 0.3 is 5.97 Å². The Hall–Kier alpha value is -5.33. The second-order valence-corrected chi connectivity index (χ2v) is 11.3. The van der Waals surface area contributed by atoms with E-state index in [2.05, 4.69) is 16.7 Å². The Morgan fingerprint density at radius 1 is 0.978 bits per heavy atom. The van der Waals surface area contributed by atoms with E-state index in [1.807, 2.05) is 79.7 Å². The van der Waals surface area contributed by atoms with Crippen LogP contribution in [-0.2, 0) is 33.7 Å². The van der Waals surface area contributed by atoms with E-state index in [9.17, 15) is 9.59 Å². The summed E-state index contributed by atoms with van der Waals surface area (Å²) in [6.45, 7) is 3.41. The molecule has 0 aliphatic carbocycles. The van der Waals surface area contributed by atoms with E-state index < -0.39 is 18.1 Å². The van der Waals surface area contributed by atoms with Gasteiger partial charge in [-0.2, -0.15) is 5.26 Å². The molecule has 0 radical (unpaired) electrons. The highest BCUT2D eigenvalue weighted by molar-refractivity contribution is 5.88. The minimum atomic E-state index is -0.846. The molecule has 2 aliphatic rings. The predicted octanol–water partition coefficient (Wildman–Crippen LogP) is 5.05. The molecule has 2 heterocycles. The molecular weight excluding hydrogens is 582 g/mol. The van der Waals surface area contributed by atoms with Crippen LogP contribution in [0.4, 0.5) is 0 Å². The average Bonchev–Trinajstić information content (AvgIpc) is 3.10. The number of nitriles is 1. The molecule has 234 valence electrons. The Morgan fingerprint density at radius 3 is 2.35 bits per heavy atom. The molecule has 2 N–H and O–H groups in total. The number of benzene rings is 4. The summed E-state index contributed by atoms with van der Waals surface area (Å²) in [4.78, 5) is 26.1. The van der Waals surface area contributed by atoms with Gasteiger partial charge in [0.25, 0.3) is 0 Å². The van der Waals surface area contributed by atoms with Gasteiger partial charge in [-0.15, -0.1) is 0 Å². The van der Waals surface area contributed by atoms with E-state index in [-0.39, 0.29) is 18.4 Å². The van der Waals surface area contributed by atoms with Gasteiger partial charge in [-0.05, 0) is 83.1 Å². The van der Waals surface area contributed by atoms with Gasteiger partial charge in [-0.3, -0.25) is 4.79 Å². The van der Waals surface area contributed by atoms with E-state index in [1.54, 1.807) is 12.1 Å². The molecule has 0 saturated heterocycles. The zero-order valence-electron chi connectivity index (χ0n) is 25.7. The number of amides is 1. The first-order valence-corrected chi connectivity index (χ1v) is 15.3. The number of ether oxygens (including phenoxy) is 4. The Balaban J connectivity index is 1.09. The largest absolute Gasteiger partial charge is 0.494 e. The molecule has 9 nitrogen and oxygen atoms in total. The van der Waals surface area contributed by atoms with Gasteiger partial charge in [0, 0.05) is 13.0 Å². The monoisotopic (exact) mass is 617 g/mol. The zero-order chi connectivity index (χ0) is 32.0. The summed E-state index contributed by atoms with van der Waals surface area (Å²) >= 11 is 0. The van der Waals surface area contributed by atoms with Crippen LogP contribution in [0.1, 0.15) is 40.8 Å². The first-order chi connectivity index (χ1) is 22.4. The van der Waals surface area contributed by atoms with Crippen molar-refractivity contribution >= 4 is 11.9 Å². The van der Waals surface area contributed by atoms with Crippen LogP contribution in [0.15, 0.2) is 84.9 Å². The second-order valence-electron chi connectivity index (χ2n) is 11.3. The van der Waals surface area contributed by atoms with Crippen LogP contribution in [0.2, 0.25) is 0 Å². The number of fused-ring (bicyclic) bond motifs is 2. The van der Waals surface area contributed by atoms with Crippen LogP contribution in [-0.4, -0.2) is 44.3 Å². The number of carbonyl (C=O) groups excluding carboxylic acids is 2. The molecule has 0 aromatic heterocycles. The Kier molecular flexibility index (Phi) is 9.18. The number of hydrogen-bond acceptors (Lipinski definition) is 8. The third-order valence-corrected chi connectivity index (χ3v) is 8.31. The van der Waals surface area contributed by atoms with Crippen molar-refractivity contribution in [2.75, 3.05) is 20.3 Å².